The maximum Gasteiger partial charge on any atom is 0.253 e. The van der Waals surface area contributed by atoms with Crippen LogP contribution in [0.25, 0.3) is 0 Å². The number of benzene rings is 1. The van der Waals surface area contributed by atoms with Crippen LogP contribution in [0.5, 0.6) is 0 Å². The molecule has 0 fully saturated rings. The lowest BCUT2D eigenvalue weighted by molar-refractivity contribution is 0.0802. The Morgan fingerprint density at radius 1 is 1.38 bits per heavy atom. The Balaban J connectivity index is 3.14. The summed E-state index contributed by atoms with van der Waals surface area (Å²) in [5, 5.41) is 0. The van der Waals surface area contributed by atoms with E-state index < -0.39 is 9.84 Å². The van der Waals surface area contributed by atoms with E-state index in [1.807, 2.05) is 6.92 Å². The normalized spacial score (nSPS) is 11.2. The van der Waals surface area contributed by atoms with Crippen molar-refractivity contribution >= 4 is 15.7 Å². The molecule has 1 amide bonds. The van der Waals surface area contributed by atoms with Crippen molar-refractivity contribution in [3.63, 3.8) is 0 Å². The summed E-state index contributed by atoms with van der Waals surface area (Å²) < 4.78 is 22.6. The molecule has 0 spiro atoms. The quantitative estimate of drug-likeness (QED) is 0.798. The molecule has 0 aliphatic carbocycles. The van der Waals surface area contributed by atoms with Crippen LogP contribution in [0.2, 0.25) is 0 Å². The zero-order valence-corrected chi connectivity index (χ0v) is 10.4. The van der Waals surface area contributed by atoms with Gasteiger partial charge in [-0.15, -0.1) is 0 Å². The maximum atomic E-state index is 11.8. The minimum absolute atomic E-state index is 0.169. The van der Waals surface area contributed by atoms with Crippen LogP contribution in [-0.4, -0.2) is 39.1 Å². The zero-order valence-electron chi connectivity index (χ0n) is 9.60. The molecule has 0 aliphatic heterocycles. The largest absolute Gasteiger partial charge is 0.342 e. The van der Waals surface area contributed by atoms with E-state index >= 15 is 0 Å². The number of nitrogens with zero attached hydrogens (tertiary/aromatic N) is 1. The molecule has 88 valence electrons. The summed E-state index contributed by atoms with van der Waals surface area (Å²) in [6.45, 7) is 2.44. The van der Waals surface area contributed by atoms with E-state index in [4.69, 9.17) is 0 Å². The third-order valence-corrected chi connectivity index (χ3v) is 3.44. The van der Waals surface area contributed by atoms with Gasteiger partial charge in [0.05, 0.1) is 4.90 Å². The maximum absolute atomic E-state index is 11.8. The van der Waals surface area contributed by atoms with Gasteiger partial charge in [0.1, 0.15) is 0 Å². The van der Waals surface area contributed by atoms with E-state index in [9.17, 15) is 13.2 Å². The van der Waals surface area contributed by atoms with Crippen LogP contribution in [0.1, 0.15) is 17.3 Å². The minimum atomic E-state index is -3.26. The summed E-state index contributed by atoms with van der Waals surface area (Å²) in [7, 11) is -1.59. The Kier molecular flexibility index (Phi) is 3.70. The molecule has 0 saturated heterocycles. The summed E-state index contributed by atoms with van der Waals surface area (Å²) in [6, 6.07) is 6.08. The molecule has 0 radical (unpaired) electrons. The number of carbonyl (C=O) groups is 1. The van der Waals surface area contributed by atoms with Crippen molar-refractivity contribution in [2.75, 3.05) is 19.8 Å². The number of amides is 1. The highest BCUT2D eigenvalue weighted by Gasteiger charge is 2.13. The van der Waals surface area contributed by atoms with Crippen molar-refractivity contribution < 1.29 is 13.2 Å². The van der Waals surface area contributed by atoms with E-state index in [2.05, 4.69) is 0 Å². The van der Waals surface area contributed by atoms with Crippen molar-refractivity contribution in [2.24, 2.45) is 0 Å². The monoisotopic (exact) mass is 241 g/mol. The van der Waals surface area contributed by atoms with Crippen molar-refractivity contribution in [1.29, 1.82) is 0 Å². The van der Waals surface area contributed by atoms with Gasteiger partial charge in [-0.1, -0.05) is 6.07 Å². The molecule has 16 heavy (non-hydrogen) atoms. The topological polar surface area (TPSA) is 54.5 Å². The summed E-state index contributed by atoms with van der Waals surface area (Å²) in [4.78, 5) is 13.5. The Morgan fingerprint density at radius 2 is 2.00 bits per heavy atom. The Bertz CT molecular complexity index is 494. The summed E-state index contributed by atoms with van der Waals surface area (Å²) in [5.41, 5.74) is 0.396. The molecule has 0 unspecified atom stereocenters. The smallest absolute Gasteiger partial charge is 0.253 e. The van der Waals surface area contributed by atoms with Crippen LogP contribution in [0.3, 0.4) is 0 Å². The lowest BCUT2D eigenvalue weighted by Gasteiger charge is -2.14. The first kappa shape index (κ1) is 12.7. The van der Waals surface area contributed by atoms with Gasteiger partial charge in [-0.25, -0.2) is 8.42 Å². The third-order valence-electron chi connectivity index (χ3n) is 2.33. The first-order valence-electron chi connectivity index (χ1n) is 4.92. The molecule has 1 aromatic carbocycles. The predicted molar refractivity (Wildman–Crippen MR) is 62.2 cm³/mol. The summed E-state index contributed by atoms with van der Waals surface area (Å²) >= 11 is 0. The molecular formula is C11H15NO3S. The van der Waals surface area contributed by atoms with Gasteiger partial charge in [0.2, 0.25) is 0 Å². The van der Waals surface area contributed by atoms with Crippen LogP contribution in [0, 0.1) is 0 Å². The molecule has 5 heteroatoms. The third kappa shape index (κ3) is 2.82. The van der Waals surface area contributed by atoms with Gasteiger partial charge in [-0.05, 0) is 25.1 Å². The first-order valence-corrected chi connectivity index (χ1v) is 6.81. The highest BCUT2D eigenvalue weighted by Crippen LogP contribution is 2.12. The van der Waals surface area contributed by atoms with Gasteiger partial charge in [0.25, 0.3) is 5.91 Å². The molecule has 1 aromatic rings. The van der Waals surface area contributed by atoms with Crippen LogP contribution >= 0.6 is 0 Å². The Morgan fingerprint density at radius 3 is 2.50 bits per heavy atom. The fourth-order valence-corrected chi connectivity index (χ4v) is 1.89. The molecule has 0 atom stereocenters. The van der Waals surface area contributed by atoms with Gasteiger partial charge < -0.3 is 4.90 Å². The second-order valence-corrected chi connectivity index (χ2v) is 5.64. The van der Waals surface area contributed by atoms with E-state index in [-0.39, 0.29) is 10.8 Å². The van der Waals surface area contributed by atoms with Crippen molar-refractivity contribution in [1.82, 2.24) is 4.90 Å². The fraction of sp³-hybridized carbons (Fsp3) is 0.364. The Labute approximate surface area is 95.8 Å². The van der Waals surface area contributed by atoms with Gasteiger partial charge in [0, 0.05) is 25.4 Å². The van der Waals surface area contributed by atoms with Gasteiger partial charge >= 0.3 is 0 Å². The van der Waals surface area contributed by atoms with Crippen LogP contribution in [0.15, 0.2) is 29.2 Å². The average molecular weight is 241 g/mol. The molecule has 0 aliphatic rings. The summed E-state index contributed by atoms with van der Waals surface area (Å²) in [5.74, 6) is -0.173. The SMILES string of the molecule is CCN(C)C(=O)c1cccc(S(C)(=O)=O)c1. The fourth-order valence-electron chi connectivity index (χ4n) is 1.22. The van der Waals surface area contributed by atoms with Gasteiger partial charge in [-0.3, -0.25) is 4.79 Å². The highest BCUT2D eigenvalue weighted by molar-refractivity contribution is 7.90. The first-order chi connectivity index (χ1) is 7.36. The van der Waals surface area contributed by atoms with E-state index in [1.165, 1.54) is 17.0 Å². The number of carbonyl (C=O) groups excluding carboxylic acids is 1. The molecular weight excluding hydrogens is 226 g/mol. The van der Waals surface area contributed by atoms with E-state index in [0.29, 0.717) is 12.1 Å². The van der Waals surface area contributed by atoms with Crippen LogP contribution in [0.4, 0.5) is 0 Å². The number of rotatable bonds is 3. The number of hydrogen-bond acceptors (Lipinski definition) is 3. The van der Waals surface area contributed by atoms with Gasteiger partial charge in [0.15, 0.2) is 9.84 Å². The number of sulfone groups is 1. The van der Waals surface area contributed by atoms with Crippen LogP contribution < -0.4 is 0 Å². The average Bonchev–Trinajstić information content (AvgIpc) is 2.26. The molecule has 0 heterocycles. The van der Waals surface area contributed by atoms with E-state index in [1.54, 1.807) is 19.2 Å². The molecule has 0 aromatic heterocycles. The molecule has 0 N–H and O–H groups in total. The van der Waals surface area contributed by atoms with E-state index in [0.717, 1.165) is 6.26 Å². The van der Waals surface area contributed by atoms with Crippen molar-refractivity contribution in [3.05, 3.63) is 29.8 Å². The highest BCUT2D eigenvalue weighted by atomic mass is 32.2. The predicted octanol–water partition coefficient (Wildman–Crippen LogP) is 1.18. The zero-order chi connectivity index (χ0) is 12.3. The lowest BCUT2D eigenvalue weighted by Crippen LogP contribution is -2.26. The molecule has 1 rings (SSSR count). The van der Waals surface area contributed by atoms with Crippen molar-refractivity contribution in [2.45, 2.75) is 11.8 Å². The lowest BCUT2D eigenvalue weighted by atomic mass is 10.2. The minimum Gasteiger partial charge on any atom is -0.342 e. The standard InChI is InChI=1S/C11H15NO3S/c1-4-12(2)11(13)9-6-5-7-10(8-9)16(3,14)15/h5-8H,4H2,1-3H3. The van der Waals surface area contributed by atoms with Crippen molar-refractivity contribution in [3.8, 4) is 0 Å². The molecule has 4 nitrogen and oxygen atoms in total. The van der Waals surface area contributed by atoms with Crippen LogP contribution in [-0.2, 0) is 9.84 Å². The second kappa shape index (κ2) is 4.65. The summed E-state index contributed by atoms with van der Waals surface area (Å²) in [6.07, 6.45) is 1.13. The number of hydrogen-bond donors (Lipinski definition) is 0. The van der Waals surface area contributed by atoms with Gasteiger partial charge in [-0.2, -0.15) is 0 Å². The second-order valence-electron chi connectivity index (χ2n) is 3.62. The molecule has 0 saturated carbocycles. The molecule has 0 bridgehead atoms. The Hall–Kier alpha value is -1.36.